The molecule has 0 aromatic rings. The summed E-state index contributed by atoms with van der Waals surface area (Å²) in [6.45, 7) is 8.40. The summed E-state index contributed by atoms with van der Waals surface area (Å²) in [5, 5.41) is 6.74. The summed E-state index contributed by atoms with van der Waals surface area (Å²) in [7, 11) is 0. The maximum Gasteiger partial charge on any atom is 0.191 e. The van der Waals surface area contributed by atoms with Crippen LogP contribution in [0.5, 0.6) is 0 Å². The molecule has 0 bridgehead atoms. The summed E-state index contributed by atoms with van der Waals surface area (Å²) < 4.78 is 5.89. The maximum atomic E-state index is 5.89. The lowest BCUT2D eigenvalue weighted by molar-refractivity contribution is -0.0505. The molecule has 2 rings (SSSR count). The minimum absolute atomic E-state index is 0.403. The highest BCUT2D eigenvalue weighted by Crippen LogP contribution is 2.25. The first-order valence-electron chi connectivity index (χ1n) is 6.91. The molecule has 0 saturated carbocycles. The van der Waals surface area contributed by atoms with Crippen molar-refractivity contribution in [1.29, 1.82) is 0 Å². The van der Waals surface area contributed by atoms with Gasteiger partial charge in [0, 0.05) is 32.2 Å². The summed E-state index contributed by atoms with van der Waals surface area (Å²) in [6, 6.07) is 0. The minimum Gasteiger partial charge on any atom is -0.378 e. The van der Waals surface area contributed by atoms with E-state index in [-0.39, 0.29) is 0 Å². The first-order chi connectivity index (χ1) is 8.27. The SMILES string of the molecule is CC(C)C1OCCCC1CNC1=NCCCN1. The van der Waals surface area contributed by atoms with Crippen LogP contribution in [0.1, 0.15) is 33.1 Å². The van der Waals surface area contributed by atoms with Crippen molar-refractivity contribution in [2.24, 2.45) is 16.8 Å². The highest BCUT2D eigenvalue weighted by atomic mass is 16.5. The number of ether oxygens (including phenoxy) is 1. The van der Waals surface area contributed by atoms with Crippen LogP contribution in [0.2, 0.25) is 0 Å². The molecular weight excluding hydrogens is 214 g/mol. The minimum atomic E-state index is 0.403. The lowest BCUT2D eigenvalue weighted by Gasteiger charge is -2.35. The van der Waals surface area contributed by atoms with E-state index < -0.39 is 0 Å². The second-order valence-corrected chi connectivity index (χ2v) is 5.37. The van der Waals surface area contributed by atoms with Crippen LogP contribution in [-0.4, -0.2) is 38.3 Å². The fourth-order valence-electron chi connectivity index (χ4n) is 2.70. The summed E-state index contributed by atoms with van der Waals surface area (Å²) in [6.07, 6.45) is 4.01. The topological polar surface area (TPSA) is 45.6 Å². The second kappa shape index (κ2) is 6.24. The quantitative estimate of drug-likeness (QED) is 0.782. The average Bonchev–Trinajstić information content (AvgIpc) is 2.38. The van der Waals surface area contributed by atoms with Gasteiger partial charge in [-0.05, 0) is 25.2 Å². The van der Waals surface area contributed by atoms with Crippen molar-refractivity contribution in [1.82, 2.24) is 10.6 Å². The van der Waals surface area contributed by atoms with E-state index >= 15 is 0 Å². The first-order valence-corrected chi connectivity index (χ1v) is 6.91. The number of rotatable bonds is 3. The molecule has 4 nitrogen and oxygen atoms in total. The van der Waals surface area contributed by atoms with Crippen molar-refractivity contribution in [2.75, 3.05) is 26.2 Å². The molecule has 17 heavy (non-hydrogen) atoms. The lowest BCUT2D eigenvalue weighted by atomic mass is 9.87. The molecule has 2 heterocycles. The van der Waals surface area contributed by atoms with Gasteiger partial charge in [-0.3, -0.25) is 4.99 Å². The summed E-state index contributed by atoms with van der Waals surface area (Å²) in [5.41, 5.74) is 0. The summed E-state index contributed by atoms with van der Waals surface area (Å²) >= 11 is 0. The van der Waals surface area contributed by atoms with Crippen LogP contribution in [0.3, 0.4) is 0 Å². The number of guanidine groups is 1. The lowest BCUT2D eigenvalue weighted by Crippen LogP contribution is -2.46. The van der Waals surface area contributed by atoms with Crippen LogP contribution < -0.4 is 10.6 Å². The Morgan fingerprint density at radius 3 is 3.06 bits per heavy atom. The molecule has 98 valence electrons. The van der Waals surface area contributed by atoms with E-state index in [1.807, 2.05) is 0 Å². The Balaban J connectivity index is 1.81. The average molecular weight is 239 g/mol. The van der Waals surface area contributed by atoms with E-state index in [2.05, 4.69) is 29.5 Å². The zero-order valence-electron chi connectivity index (χ0n) is 11.0. The third-order valence-corrected chi connectivity index (χ3v) is 3.58. The maximum absolute atomic E-state index is 5.89. The van der Waals surface area contributed by atoms with Crippen molar-refractivity contribution in [3.8, 4) is 0 Å². The van der Waals surface area contributed by atoms with Crippen LogP contribution >= 0.6 is 0 Å². The van der Waals surface area contributed by atoms with Gasteiger partial charge in [0.2, 0.25) is 0 Å². The molecule has 2 aliphatic rings. The molecule has 0 spiro atoms. The first kappa shape index (κ1) is 12.7. The van der Waals surface area contributed by atoms with E-state index in [1.54, 1.807) is 0 Å². The number of aliphatic imine (C=N–C) groups is 1. The van der Waals surface area contributed by atoms with Crippen LogP contribution in [0.25, 0.3) is 0 Å². The molecule has 2 aliphatic heterocycles. The Morgan fingerprint density at radius 1 is 1.47 bits per heavy atom. The zero-order chi connectivity index (χ0) is 12.1. The second-order valence-electron chi connectivity index (χ2n) is 5.37. The Hall–Kier alpha value is -0.770. The zero-order valence-corrected chi connectivity index (χ0v) is 11.0. The summed E-state index contributed by atoms with van der Waals surface area (Å²) in [5.74, 6) is 2.20. The third-order valence-electron chi connectivity index (χ3n) is 3.58. The number of nitrogens with one attached hydrogen (secondary N) is 2. The van der Waals surface area contributed by atoms with E-state index in [0.29, 0.717) is 17.9 Å². The van der Waals surface area contributed by atoms with Crippen molar-refractivity contribution >= 4 is 5.96 Å². The Bertz CT molecular complexity index is 265. The van der Waals surface area contributed by atoms with Gasteiger partial charge in [-0.2, -0.15) is 0 Å². The number of hydrogen-bond donors (Lipinski definition) is 2. The Morgan fingerprint density at radius 2 is 2.35 bits per heavy atom. The van der Waals surface area contributed by atoms with Gasteiger partial charge < -0.3 is 15.4 Å². The Labute approximate surface area is 104 Å². The number of hydrogen-bond acceptors (Lipinski definition) is 4. The highest BCUT2D eigenvalue weighted by molar-refractivity contribution is 5.80. The smallest absolute Gasteiger partial charge is 0.191 e. The molecule has 4 heteroatoms. The van der Waals surface area contributed by atoms with Crippen LogP contribution in [0.15, 0.2) is 4.99 Å². The molecule has 0 radical (unpaired) electrons. The predicted molar refractivity (Wildman–Crippen MR) is 70.2 cm³/mol. The fourth-order valence-corrected chi connectivity index (χ4v) is 2.70. The van der Waals surface area contributed by atoms with E-state index in [1.165, 1.54) is 12.8 Å². The van der Waals surface area contributed by atoms with Gasteiger partial charge in [0.05, 0.1) is 6.10 Å². The highest BCUT2D eigenvalue weighted by Gasteiger charge is 2.28. The standard InChI is InChI=1S/C13H25N3O/c1-10(2)12-11(5-3-8-17-12)9-16-13-14-6-4-7-15-13/h10-12H,3-9H2,1-2H3,(H2,14,15,16). The van der Waals surface area contributed by atoms with E-state index in [0.717, 1.165) is 38.6 Å². The molecular formula is C13H25N3O. The number of nitrogens with zero attached hydrogens (tertiary/aromatic N) is 1. The molecule has 2 atom stereocenters. The Kier molecular flexibility index (Phi) is 4.66. The molecule has 0 aliphatic carbocycles. The van der Waals surface area contributed by atoms with Gasteiger partial charge in [0.25, 0.3) is 0 Å². The van der Waals surface area contributed by atoms with Gasteiger partial charge in [-0.25, -0.2) is 0 Å². The summed E-state index contributed by atoms with van der Waals surface area (Å²) in [4.78, 5) is 4.44. The third kappa shape index (κ3) is 3.60. The molecule has 2 unspecified atom stereocenters. The molecule has 0 aromatic heterocycles. The van der Waals surface area contributed by atoms with Gasteiger partial charge in [-0.1, -0.05) is 13.8 Å². The monoisotopic (exact) mass is 239 g/mol. The largest absolute Gasteiger partial charge is 0.378 e. The van der Waals surface area contributed by atoms with Crippen molar-refractivity contribution in [2.45, 2.75) is 39.2 Å². The predicted octanol–water partition coefficient (Wildman–Crippen LogP) is 1.38. The van der Waals surface area contributed by atoms with Gasteiger partial charge in [0.15, 0.2) is 5.96 Å². The molecule has 0 amide bonds. The van der Waals surface area contributed by atoms with E-state index in [9.17, 15) is 0 Å². The van der Waals surface area contributed by atoms with Gasteiger partial charge in [-0.15, -0.1) is 0 Å². The van der Waals surface area contributed by atoms with Crippen molar-refractivity contribution in [3.63, 3.8) is 0 Å². The van der Waals surface area contributed by atoms with E-state index in [4.69, 9.17) is 4.74 Å². The van der Waals surface area contributed by atoms with Crippen molar-refractivity contribution < 1.29 is 4.74 Å². The molecule has 1 fully saturated rings. The fraction of sp³-hybridized carbons (Fsp3) is 0.923. The molecule has 1 saturated heterocycles. The van der Waals surface area contributed by atoms with Crippen LogP contribution in [0.4, 0.5) is 0 Å². The van der Waals surface area contributed by atoms with Crippen molar-refractivity contribution in [3.05, 3.63) is 0 Å². The van der Waals surface area contributed by atoms with Crippen LogP contribution in [0, 0.1) is 11.8 Å². The molecule has 0 aromatic carbocycles. The van der Waals surface area contributed by atoms with Crippen LogP contribution in [-0.2, 0) is 4.74 Å². The van der Waals surface area contributed by atoms with Gasteiger partial charge in [0.1, 0.15) is 0 Å². The van der Waals surface area contributed by atoms with Gasteiger partial charge >= 0.3 is 0 Å². The normalized spacial score (nSPS) is 29.7. The molecule has 2 N–H and O–H groups in total.